The van der Waals surface area contributed by atoms with Gasteiger partial charge in [-0.1, -0.05) is 31.9 Å². The molecule has 12 heavy (non-hydrogen) atoms. The lowest BCUT2D eigenvalue weighted by atomic mass is 9.84. The summed E-state index contributed by atoms with van der Waals surface area (Å²) < 4.78 is 5.18. The minimum Gasteiger partial charge on any atom is -0.428 e. The van der Waals surface area contributed by atoms with Gasteiger partial charge in [0.25, 0.3) is 0 Å². The predicted molar refractivity (Wildman–Crippen MR) is 58.3 cm³/mol. The van der Waals surface area contributed by atoms with Crippen LogP contribution in [0.2, 0.25) is 0 Å². The van der Waals surface area contributed by atoms with Crippen LogP contribution in [0.15, 0.2) is 11.1 Å². The van der Waals surface area contributed by atoms with E-state index < -0.39 is 0 Å². The van der Waals surface area contributed by atoms with Crippen LogP contribution in [-0.2, 0) is 4.43 Å². The summed E-state index contributed by atoms with van der Waals surface area (Å²) in [6, 6.07) is 0. The minimum atomic E-state index is 0.315. The molecule has 0 amide bonds. The summed E-state index contributed by atoms with van der Waals surface area (Å²) in [6.07, 6.45) is 1.09. The Balaban J connectivity index is 4.26. The third kappa shape index (κ3) is 4.07. The molecular weight excluding hydrogens is 164 g/mol. The molecule has 0 aliphatic carbocycles. The average Bonchev–Trinajstić information content (AvgIpc) is 1.97. The SMILES string of the molecule is CC(CCO[SiH3])=C(C)C(C)(C)C. The smallest absolute Gasteiger partial charge is 0.145 e. The lowest BCUT2D eigenvalue weighted by Gasteiger charge is -2.22. The van der Waals surface area contributed by atoms with E-state index >= 15 is 0 Å². The van der Waals surface area contributed by atoms with Gasteiger partial charge in [-0.2, -0.15) is 0 Å². The Morgan fingerprint density at radius 2 is 1.75 bits per heavy atom. The van der Waals surface area contributed by atoms with E-state index in [1.807, 2.05) is 0 Å². The zero-order chi connectivity index (χ0) is 9.78. The number of rotatable bonds is 3. The molecular formula is C10H22OSi. The van der Waals surface area contributed by atoms with Crippen LogP contribution >= 0.6 is 0 Å². The molecule has 0 atom stereocenters. The van der Waals surface area contributed by atoms with Crippen LogP contribution in [0, 0.1) is 5.41 Å². The minimum absolute atomic E-state index is 0.315. The van der Waals surface area contributed by atoms with Crippen LogP contribution in [0.5, 0.6) is 0 Å². The van der Waals surface area contributed by atoms with Crippen molar-refractivity contribution in [1.82, 2.24) is 0 Å². The summed E-state index contributed by atoms with van der Waals surface area (Å²) >= 11 is 0. The molecule has 0 heterocycles. The molecule has 2 heteroatoms. The lowest BCUT2D eigenvalue weighted by molar-refractivity contribution is 0.351. The molecule has 72 valence electrons. The van der Waals surface area contributed by atoms with E-state index in [1.54, 1.807) is 0 Å². The van der Waals surface area contributed by atoms with E-state index in [-0.39, 0.29) is 0 Å². The number of hydrogen-bond acceptors (Lipinski definition) is 1. The van der Waals surface area contributed by atoms with E-state index in [4.69, 9.17) is 4.43 Å². The molecule has 0 spiro atoms. The number of allylic oxidation sites excluding steroid dienone is 1. The predicted octanol–water partition coefficient (Wildman–Crippen LogP) is 2.06. The third-order valence-electron chi connectivity index (χ3n) is 2.45. The quantitative estimate of drug-likeness (QED) is 0.484. The highest BCUT2D eigenvalue weighted by atomic mass is 28.2. The Hall–Kier alpha value is -0.0831. The largest absolute Gasteiger partial charge is 0.428 e. The van der Waals surface area contributed by atoms with Gasteiger partial charge in [0, 0.05) is 6.61 Å². The fourth-order valence-electron chi connectivity index (χ4n) is 1.08. The van der Waals surface area contributed by atoms with E-state index in [2.05, 4.69) is 34.6 Å². The van der Waals surface area contributed by atoms with E-state index in [9.17, 15) is 0 Å². The summed E-state index contributed by atoms with van der Waals surface area (Å²) in [4.78, 5) is 0. The van der Waals surface area contributed by atoms with Crippen molar-refractivity contribution in [1.29, 1.82) is 0 Å². The fourth-order valence-corrected chi connectivity index (χ4v) is 1.29. The van der Waals surface area contributed by atoms with Gasteiger partial charge in [0.05, 0.1) is 0 Å². The normalized spacial score (nSPS) is 14.8. The first-order valence-electron chi connectivity index (χ1n) is 4.55. The van der Waals surface area contributed by atoms with Crippen LogP contribution in [0.25, 0.3) is 0 Å². The average molecular weight is 186 g/mol. The molecule has 0 radical (unpaired) electrons. The Labute approximate surface area is 79.7 Å². The van der Waals surface area contributed by atoms with Crippen LogP contribution in [0.4, 0.5) is 0 Å². The molecule has 0 N–H and O–H groups in total. The van der Waals surface area contributed by atoms with Gasteiger partial charge in [0.15, 0.2) is 0 Å². The van der Waals surface area contributed by atoms with Gasteiger partial charge in [0.1, 0.15) is 10.5 Å². The first-order valence-corrected chi connectivity index (χ1v) is 5.37. The first kappa shape index (κ1) is 11.9. The first-order chi connectivity index (χ1) is 5.39. The molecule has 0 aromatic heterocycles. The second-order valence-electron chi connectivity index (χ2n) is 4.40. The molecule has 0 aromatic rings. The molecule has 0 saturated carbocycles. The summed E-state index contributed by atoms with van der Waals surface area (Å²) in [5, 5.41) is 0. The van der Waals surface area contributed by atoms with Crippen molar-refractivity contribution in [3.8, 4) is 0 Å². The Morgan fingerprint density at radius 1 is 1.25 bits per heavy atom. The molecule has 0 aliphatic heterocycles. The van der Waals surface area contributed by atoms with Gasteiger partial charge in [-0.3, -0.25) is 0 Å². The molecule has 0 unspecified atom stereocenters. The summed E-state index contributed by atoms with van der Waals surface area (Å²) in [6.45, 7) is 12.1. The fraction of sp³-hybridized carbons (Fsp3) is 0.800. The molecule has 0 aliphatic rings. The van der Waals surface area contributed by atoms with Crippen molar-refractivity contribution in [2.45, 2.75) is 41.0 Å². The Kier molecular flexibility index (Phi) is 4.79. The molecule has 0 rings (SSSR count). The van der Waals surface area contributed by atoms with Gasteiger partial charge in [-0.25, -0.2) is 0 Å². The second kappa shape index (κ2) is 4.82. The van der Waals surface area contributed by atoms with Crippen molar-refractivity contribution in [2.75, 3.05) is 6.61 Å². The molecule has 0 aromatic carbocycles. The molecule has 0 bridgehead atoms. The summed E-state index contributed by atoms with van der Waals surface area (Å²) in [5.41, 5.74) is 3.30. The van der Waals surface area contributed by atoms with Gasteiger partial charge < -0.3 is 4.43 Å². The van der Waals surface area contributed by atoms with E-state index in [0.717, 1.165) is 23.5 Å². The zero-order valence-electron chi connectivity index (χ0n) is 9.32. The van der Waals surface area contributed by atoms with Crippen molar-refractivity contribution in [3.63, 3.8) is 0 Å². The van der Waals surface area contributed by atoms with Crippen molar-refractivity contribution >= 4 is 10.5 Å². The molecule has 0 fully saturated rings. The van der Waals surface area contributed by atoms with Crippen LogP contribution in [-0.4, -0.2) is 17.1 Å². The lowest BCUT2D eigenvalue weighted by Crippen LogP contribution is -2.09. The van der Waals surface area contributed by atoms with Crippen molar-refractivity contribution in [3.05, 3.63) is 11.1 Å². The van der Waals surface area contributed by atoms with Crippen LogP contribution in [0.3, 0.4) is 0 Å². The third-order valence-corrected chi connectivity index (χ3v) is 2.85. The Morgan fingerprint density at radius 3 is 2.08 bits per heavy atom. The zero-order valence-corrected chi connectivity index (χ0v) is 11.3. The van der Waals surface area contributed by atoms with Crippen LogP contribution in [0.1, 0.15) is 41.0 Å². The monoisotopic (exact) mass is 186 g/mol. The maximum absolute atomic E-state index is 5.18. The second-order valence-corrected chi connectivity index (χ2v) is 4.98. The molecule has 0 saturated heterocycles. The molecule has 1 nitrogen and oxygen atoms in total. The van der Waals surface area contributed by atoms with Crippen molar-refractivity contribution < 1.29 is 4.43 Å². The maximum Gasteiger partial charge on any atom is 0.145 e. The van der Waals surface area contributed by atoms with Gasteiger partial charge in [-0.05, 0) is 25.7 Å². The maximum atomic E-state index is 5.18. The standard InChI is InChI=1S/C10H22OSi/c1-8(6-7-11-12)9(2)10(3,4)5/h6-7H2,1-5,12H3. The van der Waals surface area contributed by atoms with E-state index in [0.29, 0.717) is 5.41 Å². The Bertz CT molecular complexity index is 165. The highest BCUT2D eigenvalue weighted by Gasteiger charge is 2.14. The summed E-state index contributed by atoms with van der Waals surface area (Å²) in [5.74, 6) is 0. The van der Waals surface area contributed by atoms with Gasteiger partial charge in [-0.15, -0.1) is 0 Å². The van der Waals surface area contributed by atoms with E-state index in [1.165, 1.54) is 11.1 Å². The van der Waals surface area contributed by atoms with Gasteiger partial charge in [0.2, 0.25) is 0 Å². The number of hydrogen-bond donors (Lipinski definition) is 0. The summed E-state index contributed by atoms with van der Waals surface area (Å²) in [7, 11) is 0.857. The van der Waals surface area contributed by atoms with Crippen molar-refractivity contribution in [2.24, 2.45) is 5.41 Å². The van der Waals surface area contributed by atoms with Crippen LogP contribution < -0.4 is 0 Å². The topological polar surface area (TPSA) is 9.23 Å². The van der Waals surface area contributed by atoms with Gasteiger partial charge >= 0.3 is 0 Å². The highest BCUT2D eigenvalue weighted by Crippen LogP contribution is 2.28. The highest BCUT2D eigenvalue weighted by molar-refractivity contribution is 5.97.